The lowest BCUT2D eigenvalue weighted by atomic mass is 10.3. The van der Waals surface area contributed by atoms with Gasteiger partial charge in [0.1, 0.15) is 0 Å². The summed E-state index contributed by atoms with van der Waals surface area (Å²) < 4.78 is 3.21. The number of aliphatic hydroxyl groups excluding tert-OH is 1. The first-order valence-corrected chi connectivity index (χ1v) is 6.22. The van der Waals surface area contributed by atoms with Crippen LogP contribution in [0.2, 0.25) is 0 Å². The van der Waals surface area contributed by atoms with Gasteiger partial charge in [0.25, 0.3) is 0 Å². The van der Waals surface area contributed by atoms with Crippen molar-refractivity contribution in [2.24, 2.45) is 0 Å². The minimum atomic E-state index is -0.526. The first-order chi connectivity index (χ1) is 8.06. The summed E-state index contributed by atoms with van der Waals surface area (Å²) in [6.45, 7) is 7.75. The van der Waals surface area contributed by atoms with E-state index < -0.39 is 6.10 Å². The molecular formula is C12H23N3O2. The normalized spacial score (nSPS) is 13.2. The summed E-state index contributed by atoms with van der Waals surface area (Å²) >= 11 is 0. The van der Waals surface area contributed by atoms with E-state index in [2.05, 4.69) is 12.2 Å². The predicted octanol–water partition coefficient (Wildman–Crippen LogP) is 0.591. The van der Waals surface area contributed by atoms with Crippen molar-refractivity contribution in [2.75, 3.05) is 13.1 Å². The lowest BCUT2D eigenvalue weighted by Crippen LogP contribution is -2.34. The second-order valence-electron chi connectivity index (χ2n) is 4.59. The summed E-state index contributed by atoms with van der Waals surface area (Å²) in [5.74, 6) is 0. The van der Waals surface area contributed by atoms with Gasteiger partial charge >= 0.3 is 5.69 Å². The highest BCUT2D eigenvalue weighted by atomic mass is 16.3. The van der Waals surface area contributed by atoms with Crippen LogP contribution in [-0.2, 0) is 6.54 Å². The molecule has 0 bridgehead atoms. The largest absolute Gasteiger partial charge is 0.390 e. The molecule has 1 aromatic heterocycles. The van der Waals surface area contributed by atoms with E-state index in [1.165, 1.54) is 0 Å². The van der Waals surface area contributed by atoms with E-state index >= 15 is 0 Å². The van der Waals surface area contributed by atoms with Gasteiger partial charge in [-0.25, -0.2) is 4.79 Å². The van der Waals surface area contributed by atoms with Crippen molar-refractivity contribution >= 4 is 0 Å². The quantitative estimate of drug-likeness (QED) is 0.687. The van der Waals surface area contributed by atoms with Crippen LogP contribution in [0.25, 0.3) is 0 Å². The van der Waals surface area contributed by atoms with E-state index in [4.69, 9.17) is 0 Å². The number of nitrogens with one attached hydrogen (secondary N) is 1. The summed E-state index contributed by atoms with van der Waals surface area (Å²) in [4.78, 5) is 11.9. The summed E-state index contributed by atoms with van der Waals surface area (Å²) in [6.07, 6.45) is 4.00. The summed E-state index contributed by atoms with van der Waals surface area (Å²) in [7, 11) is 0. The molecule has 1 heterocycles. The Morgan fingerprint density at radius 2 is 2.12 bits per heavy atom. The van der Waals surface area contributed by atoms with Crippen LogP contribution in [0.1, 0.15) is 33.2 Å². The summed E-state index contributed by atoms with van der Waals surface area (Å²) in [5.41, 5.74) is -0.0606. The van der Waals surface area contributed by atoms with Gasteiger partial charge in [-0.05, 0) is 26.8 Å². The second-order valence-corrected chi connectivity index (χ2v) is 4.59. The van der Waals surface area contributed by atoms with Crippen molar-refractivity contribution in [3.8, 4) is 0 Å². The monoisotopic (exact) mass is 241 g/mol. The molecule has 0 aliphatic heterocycles. The van der Waals surface area contributed by atoms with Gasteiger partial charge in [-0.15, -0.1) is 0 Å². The van der Waals surface area contributed by atoms with Crippen molar-refractivity contribution in [1.82, 2.24) is 14.5 Å². The molecule has 2 N–H and O–H groups in total. The molecule has 1 unspecified atom stereocenters. The van der Waals surface area contributed by atoms with Gasteiger partial charge in [0.15, 0.2) is 0 Å². The highest BCUT2D eigenvalue weighted by Gasteiger charge is 2.10. The Morgan fingerprint density at radius 1 is 1.41 bits per heavy atom. The highest BCUT2D eigenvalue weighted by Crippen LogP contribution is 1.99. The zero-order chi connectivity index (χ0) is 12.8. The third kappa shape index (κ3) is 4.02. The smallest absolute Gasteiger partial charge is 0.328 e. The molecule has 5 heteroatoms. The molecule has 0 saturated heterocycles. The predicted molar refractivity (Wildman–Crippen MR) is 68.2 cm³/mol. The average molecular weight is 241 g/mol. The zero-order valence-electron chi connectivity index (χ0n) is 10.9. The number of aromatic nitrogens is 2. The average Bonchev–Trinajstić information content (AvgIpc) is 2.61. The Balaban J connectivity index is 2.54. The molecule has 98 valence electrons. The van der Waals surface area contributed by atoms with Crippen LogP contribution < -0.4 is 11.0 Å². The topological polar surface area (TPSA) is 59.2 Å². The van der Waals surface area contributed by atoms with Crippen LogP contribution in [0.15, 0.2) is 17.2 Å². The number of imidazole rings is 1. The minimum absolute atomic E-state index is 0.0606. The van der Waals surface area contributed by atoms with E-state index in [0.29, 0.717) is 13.1 Å². The fraction of sp³-hybridized carbons (Fsp3) is 0.750. The Morgan fingerprint density at radius 3 is 2.65 bits per heavy atom. The molecule has 0 saturated carbocycles. The van der Waals surface area contributed by atoms with Gasteiger partial charge in [-0.3, -0.25) is 9.13 Å². The van der Waals surface area contributed by atoms with E-state index in [1.54, 1.807) is 21.5 Å². The SMILES string of the molecule is CCCNCC(O)Cn1ccn(C(C)C)c1=O. The number of hydrogen-bond donors (Lipinski definition) is 2. The minimum Gasteiger partial charge on any atom is -0.390 e. The van der Waals surface area contributed by atoms with E-state index in [1.807, 2.05) is 13.8 Å². The maximum atomic E-state index is 11.9. The van der Waals surface area contributed by atoms with Crippen LogP contribution in [0.4, 0.5) is 0 Å². The fourth-order valence-electron chi connectivity index (χ4n) is 1.70. The maximum absolute atomic E-state index is 11.9. The molecule has 0 aromatic carbocycles. The molecule has 1 atom stereocenters. The van der Waals surface area contributed by atoms with Crippen LogP contribution in [0.3, 0.4) is 0 Å². The zero-order valence-corrected chi connectivity index (χ0v) is 10.9. The molecule has 0 amide bonds. The van der Waals surface area contributed by atoms with Gasteiger partial charge in [0, 0.05) is 25.0 Å². The first-order valence-electron chi connectivity index (χ1n) is 6.22. The van der Waals surface area contributed by atoms with Crippen LogP contribution in [0, 0.1) is 0 Å². The van der Waals surface area contributed by atoms with Gasteiger partial charge in [-0.2, -0.15) is 0 Å². The van der Waals surface area contributed by atoms with Crippen molar-refractivity contribution in [3.05, 3.63) is 22.9 Å². The van der Waals surface area contributed by atoms with Crippen molar-refractivity contribution in [3.63, 3.8) is 0 Å². The molecule has 17 heavy (non-hydrogen) atoms. The number of hydrogen-bond acceptors (Lipinski definition) is 3. The fourth-order valence-corrected chi connectivity index (χ4v) is 1.70. The molecule has 0 aliphatic carbocycles. The van der Waals surface area contributed by atoms with E-state index in [-0.39, 0.29) is 11.7 Å². The lowest BCUT2D eigenvalue weighted by Gasteiger charge is -2.11. The third-order valence-electron chi connectivity index (χ3n) is 2.64. The highest BCUT2D eigenvalue weighted by molar-refractivity contribution is 4.84. The standard InChI is InChI=1S/C12H23N3O2/c1-4-5-13-8-11(16)9-14-6-7-15(10(2)3)12(14)17/h6-7,10-11,13,16H,4-5,8-9H2,1-3H3. The molecule has 1 rings (SSSR count). The van der Waals surface area contributed by atoms with Gasteiger partial charge in [0.05, 0.1) is 12.6 Å². The second kappa shape index (κ2) is 6.61. The van der Waals surface area contributed by atoms with Gasteiger partial charge in [0.2, 0.25) is 0 Å². The Bertz CT molecular complexity index is 381. The number of rotatable bonds is 7. The molecule has 0 spiro atoms. The third-order valence-corrected chi connectivity index (χ3v) is 2.64. The maximum Gasteiger partial charge on any atom is 0.328 e. The molecule has 5 nitrogen and oxygen atoms in total. The van der Waals surface area contributed by atoms with Crippen LogP contribution >= 0.6 is 0 Å². The Labute approximate surface area is 102 Å². The van der Waals surface area contributed by atoms with Crippen molar-refractivity contribution < 1.29 is 5.11 Å². The lowest BCUT2D eigenvalue weighted by molar-refractivity contribution is 0.150. The molecule has 1 aromatic rings. The van der Waals surface area contributed by atoms with Crippen LogP contribution in [0.5, 0.6) is 0 Å². The number of aliphatic hydroxyl groups is 1. The van der Waals surface area contributed by atoms with Crippen molar-refractivity contribution in [2.45, 2.75) is 45.9 Å². The number of nitrogens with zero attached hydrogens (tertiary/aromatic N) is 2. The van der Waals surface area contributed by atoms with Gasteiger partial charge in [-0.1, -0.05) is 6.92 Å². The summed E-state index contributed by atoms with van der Waals surface area (Å²) in [5, 5.41) is 12.9. The summed E-state index contributed by atoms with van der Waals surface area (Å²) in [6, 6.07) is 0.152. The molecular weight excluding hydrogens is 218 g/mol. The van der Waals surface area contributed by atoms with Gasteiger partial charge < -0.3 is 10.4 Å². The first kappa shape index (κ1) is 14.0. The van der Waals surface area contributed by atoms with Crippen molar-refractivity contribution in [1.29, 1.82) is 0 Å². The molecule has 0 radical (unpaired) electrons. The Hall–Kier alpha value is -1.07. The Kier molecular flexibility index (Phi) is 5.44. The van der Waals surface area contributed by atoms with E-state index in [0.717, 1.165) is 13.0 Å². The van der Waals surface area contributed by atoms with E-state index in [9.17, 15) is 9.90 Å². The van der Waals surface area contributed by atoms with Crippen LogP contribution in [-0.4, -0.2) is 33.4 Å². The molecule has 0 aliphatic rings. The molecule has 0 fully saturated rings.